The van der Waals surface area contributed by atoms with Crippen LogP contribution in [0.15, 0.2) is 47.4 Å². The van der Waals surface area contributed by atoms with Crippen molar-refractivity contribution >= 4 is 24.0 Å². The van der Waals surface area contributed by atoms with Crippen molar-refractivity contribution in [2.45, 2.75) is 4.90 Å². The standard InChI is InChI=1S/C12H10N2O2S/c13-10-7-8(5-6-12(10)17)9-3-1-2-4-11(9)14(15)16/h1-7,17H,13H2. The number of thiol groups is 1. The number of nitrogens with zero attached hydrogens (tertiary/aromatic N) is 1. The first-order chi connectivity index (χ1) is 8.09. The molecule has 0 saturated heterocycles. The second-order valence-electron chi connectivity index (χ2n) is 3.55. The van der Waals surface area contributed by atoms with E-state index in [1.54, 1.807) is 36.4 Å². The molecule has 0 aliphatic rings. The van der Waals surface area contributed by atoms with Crippen LogP contribution in [0.5, 0.6) is 0 Å². The van der Waals surface area contributed by atoms with Crippen LogP contribution in [0.1, 0.15) is 0 Å². The van der Waals surface area contributed by atoms with Crippen LogP contribution in [-0.2, 0) is 0 Å². The molecule has 0 aliphatic heterocycles. The Kier molecular flexibility index (Phi) is 3.01. The number of nitro groups is 1. The van der Waals surface area contributed by atoms with Gasteiger partial charge in [-0.1, -0.05) is 18.2 Å². The number of nitrogens with two attached hydrogens (primary N) is 1. The summed E-state index contributed by atoms with van der Waals surface area (Å²) >= 11 is 4.17. The van der Waals surface area contributed by atoms with Crippen molar-refractivity contribution in [1.82, 2.24) is 0 Å². The van der Waals surface area contributed by atoms with Crippen molar-refractivity contribution in [3.63, 3.8) is 0 Å². The summed E-state index contributed by atoms with van der Waals surface area (Å²) in [7, 11) is 0. The molecule has 0 spiro atoms. The molecule has 0 radical (unpaired) electrons. The molecule has 4 nitrogen and oxygen atoms in total. The third-order valence-electron chi connectivity index (χ3n) is 2.44. The molecule has 86 valence electrons. The molecule has 0 saturated carbocycles. The van der Waals surface area contributed by atoms with Gasteiger partial charge >= 0.3 is 0 Å². The highest BCUT2D eigenvalue weighted by atomic mass is 32.1. The van der Waals surface area contributed by atoms with Gasteiger partial charge in [0.15, 0.2) is 0 Å². The average Bonchev–Trinajstić information content (AvgIpc) is 2.32. The van der Waals surface area contributed by atoms with Crippen LogP contribution in [0.4, 0.5) is 11.4 Å². The molecule has 17 heavy (non-hydrogen) atoms. The maximum absolute atomic E-state index is 10.9. The van der Waals surface area contributed by atoms with E-state index in [1.165, 1.54) is 6.07 Å². The van der Waals surface area contributed by atoms with Gasteiger partial charge in [0.1, 0.15) is 0 Å². The first kappa shape index (κ1) is 11.5. The predicted octanol–water partition coefficient (Wildman–Crippen LogP) is 3.13. The molecule has 2 aromatic rings. The first-order valence-electron chi connectivity index (χ1n) is 4.92. The van der Waals surface area contributed by atoms with E-state index in [2.05, 4.69) is 12.6 Å². The van der Waals surface area contributed by atoms with E-state index >= 15 is 0 Å². The monoisotopic (exact) mass is 246 g/mol. The molecular weight excluding hydrogens is 236 g/mol. The van der Waals surface area contributed by atoms with E-state index in [9.17, 15) is 10.1 Å². The fraction of sp³-hybridized carbons (Fsp3) is 0. The number of hydrogen-bond donors (Lipinski definition) is 2. The van der Waals surface area contributed by atoms with Gasteiger partial charge in [-0.2, -0.15) is 0 Å². The molecule has 5 heteroatoms. The fourth-order valence-corrected chi connectivity index (χ4v) is 1.74. The topological polar surface area (TPSA) is 69.2 Å². The number of nitro benzene ring substituents is 1. The summed E-state index contributed by atoms with van der Waals surface area (Å²) in [6, 6.07) is 11.7. The minimum absolute atomic E-state index is 0.0683. The number of hydrogen-bond acceptors (Lipinski definition) is 4. The van der Waals surface area contributed by atoms with Crippen LogP contribution >= 0.6 is 12.6 Å². The predicted molar refractivity (Wildman–Crippen MR) is 70.2 cm³/mol. The van der Waals surface area contributed by atoms with Crippen LogP contribution in [0.3, 0.4) is 0 Å². The fourth-order valence-electron chi connectivity index (χ4n) is 1.60. The lowest BCUT2D eigenvalue weighted by molar-refractivity contribution is -0.384. The van der Waals surface area contributed by atoms with Gasteiger partial charge in [0.05, 0.1) is 10.5 Å². The summed E-state index contributed by atoms with van der Waals surface area (Å²) in [5, 5.41) is 10.9. The third kappa shape index (κ3) is 2.24. The summed E-state index contributed by atoms with van der Waals surface area (Å²) in [6.07, 6.45) is 0. The highest BCUT2D eigenvalue weighted by Gasteiger charge is 2.14. The van der Waals surface area contributed by atoms with Crippen molar-refractivity contribution in [2.75, 3.05) is 5.73 Å². The molecule has 2 aromatic carbocycles. The summed E-state index contributed by atoms with van der Waals surface area (Å²) in [5.74, 6) is 0. The Morgan fingerprint density at radius 3 is 2.53 bits per heavy atom. The van der Waals surface area contributed by atoms with Gasteiger partial charge in [0.2, 0.25) is 0 Å². The smallest absolute Gasteiger partial charge is 0.277 e. The largest absolute Gasteiger partial charge is 0.398 e. The van der Waals surface area contributed by atoms with Gasteiger partial charge in [-0.15, -0.1) is 12.6 Å². The van der Waals surface area contributed by atoms with Crippen molar-refractivity contribution in [2.24, 2.45) is 0 Å². The van der Waals surface area contributed by atoms with E-state index < -0.39 is 4.92 Å². The van der Waals surface area contributed by atoms with E-state index in [4.69, 9.17) is 5.73 Å². The van der Waals surface area contributed by atoms with E-state index in [1.807, 2.05) is 0 Å². The van der Waals surface area contributed by atoms with Crippen LogP contribution in [0.25, 0.3) is 11.1 Å². The molecule has 0 aliphatic carbocycles. The quantitative estimate of drug-likeness (QED) is 0.370. The highest BCUT2D eigenvalue weighted by molar-refractivity contribution is 7.80. The van der Waals surface area contributed by atoms with Crippen LogP contribution in [-0.4, -0.2) is 4.92 Å². The van der Waals surface area contributed by atoms with Crippen molar-refractivity contribution < 1.29 is 4.92 Å². The lowest BCUT2D eigenvalue weighted by Gasteiger charge is -2.05. The number of benzene rings is 2. The minimum atomic E-state index is -0.403. The third-order valence-corrected chi connectivity index (χ3v) is 2.85. The number of anilines is 1. The Labute approximate surface area is 104 Å². The Morgan fingerprint density at radius 2 is 1.88 bits per heavy atom. The Morgan fingerprint density at radius 1 is 1.18 bits per heavy atom. The van der Waals surface area contributed by atoms with E-state index in [0.717, 1.165) is 0 Å². The maximum atomic E-state index is 10.9. The Bertz CT molecular complexity index is 584. The van der Waals surface area contributed by atoms with Gasteiger partial charge in [-0.25, -0.2) is 0 Å². The zero-order chi connectivity index (χ0) is 12.4. The first-order valence-corrected chi connectivity index (χ1v) is 5.36. The molecule has 0 fully saturated rings. The molecule has 0 bridgehead atoms. The van der Waals surface area contributed by atoms with Crippen molar-refractivity contribution in [3.05, 3.63) is 52.6 Å². The summed E-state index contributed by atoms with van der Waals surface area (Å²) < 4.78 is 0. The summed E-state index contributed by atoms with van der Waals surface area (Å²) in [6.45, 7) is 0. The number of rotatable bonds is 2. The van der Waals surface area contributed by atoms with Crippen LogP contribution < -0.4 is 5.73 Å². The normalized spacial score (nSPS) is 10.2. The van der Waals surface area contributed by atoms with E-state index in [0.29, 0.717) is 21.7 Å². The van der Waals surface area contributed by atoms with Gasteiger partial charge in [-0.3, -0.25) is 10.1 Å². The zero-order valence-electron chi connectivity index (χ0n) is 8.83. The molecule has 0 unspecified atom stereocenters. The summed E-state index contributed by atoms with van der Waals surface area (Å²) in [5.41, 5.74) is 7.58. The van der Waals surface area contributed by atoms with Gasteiger partial charge in [-0.05, 0) is 23.8 Å². The van der Waals surface area contributed by atoms with Gasteiger partial charge < -0.3 is 5.73 Å². The minimum Gasteiger partial charge on any atom is -0.398 e. The van der Waals surface area contributed by atoms with E-state index in [-0.39, 0.29) is 5.69 Å². The molecule has 0 heterocycles. The highest BCUT2D eigenvalue weighted by Crippen LogP contribution is 2.32. The second kappa shape index (κ2) is 4.47. The Balaban J connectivity index is 2.60. The average molecular weight is 246 g/mol. The molecular formula is C12H10N2O2S. The maximum Gasteiger partial charge on any atom is 0.277 e. The van der Waals surface area contributed by atoms with Crippen LogP contribution in [0, 0.1) is 10.1 Å². The van der Waals surface area contributed by atoms with Crippen molar-refractivity contribution in [1.29, 1.82) is 0 Å². The SMILES string of the molecule is Nc1cc(-c2ccccc2[N+](=O)[O-])ccc1S. The molecule has 0 amide bonds. The molecule has 0 aromatic heterocycles. The lowest BCUT2D eigenvalue weighted by Crippen LogP contribution is -1.93. The molecule has 2 N–H and O–H groups in total. The number of nitrogen functional groups attached to an aromatic ring is 1. The number of para-hydroxylation sites is 1. The Hall–Kier alpha value is -2.01. The van der Waals surface area contributed by atoms with Gasteiger partial charge in [0, 0.05) is 16.6 Å². The lowest BCUT2D eigenvalue weighted by atomic mass is 10.0. The molecule has 2 rings (SSSR count). The summed E-state index contributed by atoms with van der Waals surface area (Å²) in [4.78, 5) is 11.2. The van der Waals surface area contributed by atoms with Gasteiger partial charge in [0.25, 0.3) is 5.69 Å². The molecule has 0 atom stereocenters. The van der Waals surface area contributed by atoms with Crippen molar-refractivity contribution in [3.8, 4) is 11.1 Å². The van der Waals surface area contributed by atoms with Crippen LogP contribution in [0.2, 0.25) is 0 Å². The zero-order valence-corrected chi connectivity index (χ0v) is 9.72. The second-order valence-corrected chi connectivity index (χ2v) is 4.03.